The number of rotatable bonds is 7. The second kappa shape index (κ2) is 8.15. The number of nitrogens with zero attached hydrogens (tertiary/aromatic N) is 3. The number of ether oxygens (including phenoxy) is 2. The van der Waals surface area contributed by atoms with Crippen LogP contribution in [0.5, 0.6) is 0 Å². The van der Waals surface area contributed by atoms with Crippen LogP contribution in [0.1, 0.15) is 35.2 Å². The monoisotopic (exact) mass is 340 g/mol. The molecule has 1 saturated heterocycles. The van der Waals surface area contributed by atoms with E-state index in [0.29, 0.717) is 25.3 Å². The van der Waals surface area contributed by atoms with E-state index in [0.717, 1.165) is 42.1 Å². The summed E-state index contributed by atoms with van der Waals surface area (Å²) >= 11 is 0. The van der Waals surface area contributed by atoms with Crippen LogP contribution in [0, 0.1) is 18.3 Å². The van der Waals surface area contributed by atoms with Gasteiger partial charge in [0.1, 0.15) is 17.5 Å². The van der Waals surface area contributed by atoms with E-state index < -0.39 is 0 Å². The lowest BCUT2D eigenvalue weighted by Crippen LogP contribution is -2.13. The minimum absolute atomic E-state index is 0.252. The zero-order chi connectivity index (χ0) is 17.6. The first-order valence-corrected chi connectivity index (χ1v) is 8.62. The predicted octanol–water partition coefficient (Wildman–Crippen LogP) is 2.91. The van der Waals surface area contributed by atoms with Crippen molar-refractivity contribution >= 4 is 5.82 Å². The number of nitrogens with one attached hydrogen (secondary N) is 1. The Morgan fingerprint density at radius 2 is 2.28 bits per heavy atom. The molecule has 6 nitrogen and oxygen atoms in total. The third-order valence-electron chi connectivity index (χ3n) is 4.38. The van der Waals surface area contributed by atoms with E-state index in [2.05, 4.69) is 34.7 Å². The summed E-state index contributed by atoms with van der Waals surface area (Å²) in [6, 6.07) is 10.5. The van der Waals surface area contributed by atoms with E-state index in [4.69, 9.17) is 9.47 Å². The predicted molar refractivity (Wildman–Crippen MR) is 95.1 cm³/mol. The van der Waals surface area contributed by atoms with Crippen molar-refractivity contribution in [3.05, 3.63) is 46.6 Å². The van der Waals surface area contributed by atoms with Crippen molar-refractivity contribution in [3.8, 4) is 6.07 Å². The second-order valence-corrected chi connectivity index (χ2v) is 6.37. The third-order valence-corrected chi connectivity index (χ3v) is 4.38. The zero-order valence-electron chi connectivity index (χ0n) is 14.8. The molecule has 132 valence electrons. The number of anilines is 1. The van der Waals surface area contributed by atoms with Gasteiger partial charge >= 0.3 is 0 Å². The molecule has 0 aliphatic carbocycles. The molecular formula is C19H24N4O2. The number of aromatic nitrogens is 2. The van der Waals surface area contributed by atoms with Crippen LogP contribution >= 0.6 is 0 Å². The molecule has 1 unspecified atom stereocenters. The Kier molecular flexibility index (Phi) is 5.69. The SMILES string of the molecule is Cc1nn(C)c(NCc2cccc(COCC3CCCO3)c2)c1C#N. The van der Waals surface area contributed by atoms with Crippen LogP contribution < -0.4 is 5.32 Å². The summed E-state index contributed by atoms with van der Waals surface area (Å²) in [6.45, 7) is 4.57. The molecule has 3 rings (SSSR count). The highest BCUT2D eigenvalue weighted by molar-refractivity contribution is 5.55. The Bertz CT molecular complexity index is 757. The van der Waals surface area contributed by atoms with Crippen LogP contribution in [0.3, 0.4) is 0 Å². The van der Waals surface area contributed by atoms with Gasteiger partial charge in [-0.2, -0.15) is 10.4 Å². The molecule has 1 fully saturated rings. The van der Waals surface area contributed by atoms with Gasteiger partial charge in [-0.25, -0.2) is 0 Å². The average molecular weight is 340 g/mol. The first-order valence-electron chi connectivity index (χ1n) is 8.62. The Morgan fingerprint density at radius 3 is 3.04 bits per heavy atom. The van der Waals surface area contributed by atoms with Gasteiger partial charge in [0.25, 0.3) is 0 Å². The molecule has 2 heterocycles. The zero-order valence-corrected chi connectivity index (χ0v) is 14.8. The number of nitriles is 1. The van der Waals surface area contributed by atoms with Crippen molar-refractivity contribution < 1.29 is 9.47 Å². The van der Waals surface area contributed by atoms with Crippen LogP contribution in [0.15, 0.2) is 24.3 Å². The highest BCUT2D eigenvalue weighted by atomic mass is 16.5. The fourth-order valence-electron chi connectivity index (χ4n) is 3.09. The van der Waals surface area contributed by atoms with Gasteiger partial charge in [0.05, 0.1) is 25.0 Å². The summed E-state index contributed by atoms with van der Waals surface area (Å²) in [7, 11) is 1.84. The van der Waals surface area contributed by atoms with Crippen LogP contribution in [-0.4, -0.2) is 29.1 Å². The van der Waals surface area contributed by atoms with Crippen molar-refractivity contribution in [1.29, 1.82) is 5.26 Å². The maximum atomic E-state index is 9.27. The molecule has 1 aliphatic heterocycles. The molecule has 25 heavy (non-hydrogen) atoms. The summed E-state index contributed by atoms with van der Waals surface area (Å²) in [6.07, 6.45) is 2.48. The molecule has 0 saturated carbocycles. The minimum Gasteiger partial charge on any atom is -0.376 e. The first-order chi connectivity index (χ1) is 12.2. The maximum absolute atomic E-state index is 9.27. The van der Waals surface area contributed by atoms with Crippen molar-refractivity contribution in [2.75, 3.05) is 18.5 Å². The molecule has 1 atom stereocenters. The molecule has 2 aromatic rings. The van der Waals surface area contributed by atoms with E-state index >= 15 is 0 Å². The maximum Gasteiger partial charge on any atom is 0.142 e. The van der Waals surface area contributed by atoms with E-state index in [1.165, 1.54) is 0 Å². The van der Waals surface area contributed by atoms with Gasteiger partial charge in [-0.3, -0.25) is 4.68 Å². The van der Waals surface area contributed by atoms with E-state index in [1.54, 1.807) is 4.68 Å². The lowest BCUT2D eigenvalue weighted by Gasteiger charge is -2.11. The molecule has 0 amide bonds. The van der Waals surface area contributed by atoms with E-state index in [-0.39, 0.29) is 6.10 Å². The normalized spacial score (nSPS) is 16.8. The average Bonchev–Trinajstić information content (AvgIpc) is 3.21. The molecule has 1 aromatic carbocycles. The largest absolute Gasteiger partial charge is 0.376 e. The quantitative estimate of drug-likeness (QED) is 0.839. The summed E-state index contributed by atoms with van der Waals surface area (Å²) in [5.41, 5.74) is 3.61. The minimum atomic E-state index is 0.252. The molecule has 0 bridgehead atoms. The number of hydrogen-bond acceptors (Lipinski definition) is 5. The fraction of sp³-hybridized carbons (Fsp3) is 0.474. The van der Waals surface area contributed by atoms with E-state index in [9.17, 15) is 5.26 Å². The first kappa shape index (κ1) is 17.5. The molecule has 6 heteroatoms. The lowest BCUT2D eigenvalue weighted by molar-refractivity contribution is 0.0106. The molecular weight excluding hydrogens is 316 g/mol. The highest BCUT2D eigenvalue weighted by Gasteiger charge is 2.15. The number of aryl methyl sites for hydroxylation is 2. The van der Waals surface area contributed by atoms with Gasteiger partial charge < -0.3 is 14.8 Å². The van der Waals surface area contributed by atoms with Crippen molar-refractivity contribution in [1.82, 2.24) is 9.78 Å². The Hall–Kier alpha value is -2.36. The van der Waals surface area contributed by atoms with Gasteiger partial charge in [0.2, 0.25) is 0 Å². The van der Waals surface area contributed by atoms with Gasteiger partial charge in [0.15, 0.2) is 0 Å². The highest BCUT2D eigenvalue weighted by Crippen LogP contribution is 2.19. The summed E-state index contributed by atoms with van der Waals surface area (Å²) < 4.78 is 13.1. The molecule has 1 aromatic heterocycles. The van der Waals surface area contributed by atoms with Gasteiger partial charge in [-0.15, -0.1) is 0 Å². The Labute approximate surface area is 148 Å². The van der Waals surface area contributed by atoms with Crippen LogP contribution in [0.4, 0.5) is 5.82 Å². The van der Waals surface area contributed by atoms with Gasteiger partial charge in [0, 0.05) is 20.2 Å². The van der Waals surface area contributed by atoms with Crippen LogP contribution in [0.2, 0.25) is 0 Å². The van der Waals surface area contributed by atoms with Crippen LogP contribution in [-0.2, 0) is 29.7 Å². The van der Waals surface area contributed by atoms with Crippen molar-refractivity contribution in [3.63, 3.8) is 0 Å². The molecule has 0 radical (unpaired) electrons. The Morgan fingerprint density at radius 1 is 1.44 bits per heavy atom. The molecule has 1 N–H and O–H groups in total. The smallest absolute Gasteiger partial charge is 0.142 e. The van der Waals surface area contributed by atoms with E-state index in [1.807, 2.05) is 20.0 Å². The van der Waals surface area contributed by atoms with Crippen molar-refractivity contribution in [2.45, 2.75) is 39.0 Å². The number of benzene rings is 1. The van der Waals surface area contributed by atoms with Crippen molar-refractivity contribution in [2.24, 2.45) is 7.05 Å². The lowest BCUT2D eigenvalue weighted by atomic mass is 10.1. The van der Waals surface area contributed by atoms with Crippen LogP contribution in [0.25, 0.3) is 0 Å². The molecule has 1 aliphatic rings. The van der Waals surface area contributed by atoms with Gasteiger partial charge in [-0.1, -0.05) is 24.3 Å². The molecule has 0 spiro atoms. The standard InChI is InChI=1S/C19H24N4O2/c1-14-18(10-20)19(23(2)22-14)21-11-15-5-3-6-16(9-15)12-24-13-17-7-4-8-25-17/h3,5-6,9,17,21H,4,7-8,11-13H2,1-2H3. The third kappa shape index (κ3) is 4.38. The second-order valence-electron chi connectivity index (χ2n) is 6.37. The Balaban J connectivity index is 1.55. The summed E-state index contributed by atoms with van der Waals surface area (Å²) in [5.74, 6) is 0.750. The fourth-order valence-corrected chi connectivity index (χ4v) is 3.09. The summed E-state index contributed by atoms with van der Waals surface area (Å²) in [4.78, 5) is 0. The topological polar surface area (TPSA) is 72.1 Å². The van der Waals surface area contributed by atoms with Gasteiger partial charge in [-0.05, 0) is 30.9 Å². The summed E-state index contributed by atoms with van der Waals surface area (Å²) in [5, 5.41) is 16.9. The number of hydrogen-bond donors (Lipinski definition) is 1.